The van der Waals surface area contributed by atoms with Gasteiger partial charge in [-0.1, -0.05) is 59.0 Å². The second-order valence-electron chi connectivity index (χ2n) is 9.48. The lowest BCUT2D eigenvalue weighted by Crippen LogP contribution is -2.32. The fraction of sp³-hybridized carbons (Fsp3) is 0.172. The number of imide groups is 1. The highest BCUT2D eigenvalue weighted by Crippen LogP contribution is 2.54. The maximum atomic E-state index is 13.8. The number of carbonyl (C=O) groups excluding carboxylic acids is 3. The molecule has 8 nitrogen and oxygen atoms in total. The summed E-state index contributed by atoms with van der Waals surface area (Å²) in [6.07, 6.45) is 0. The number of thiazole rings is 1. The first-order chi connectivity index (χ1) is 19.3. The Bertz CT molecular complexity index is 1680. The Hall–Kier alpha value is -4.22. The molecule has 0 spiro atoms. The minimum atomic E-state index is -0.840. The summed E-state index contributed by atoms with van der Waals surface area (Å²) in [6, 6.07) is 19.5. The highest BCUT2D eigenvalue weighted by atomic mass is 32.2. The van der Waals surface area contributed by atoms with Gasteiger partial charge < -0.3 is 15.0 Å². The summed E-state index contributed by atoms with van der Waals surface area (Å²) in [5, 5.41) is 2.51. The second-order valence-corrected chi connectivity index (χ2v) is 11.6. The van der Waals surface area contributed by atoms with Crippen LogP contribution in [-0.4, -0.2) is 34.6 Å². The third kappa shape index (κ3) is 4.71. The van der Waals surface area contributed by atoms with E-state index in [1.807, 2.05) is 19.1 Å². The maximum Gasteiger partial charge on any atom is 0.305 e. The molecule has 3 aromatic carbocycles. The molecule has 3 heterocycles. The smallest absolute Gasteiger partial charge is 0.305 e. The highest BCUT2D eigenvalue weighted by Gasteiger charge is 2.56. The Labute approximate surface area is 236 Å². The van der Waals surface area contributed by atoms with E-state index in [4.69, 9.17) is 4.74 Å². The second kappa shape index (κ2) is 10.4. The summed E-state index contributed by atoms with van der Waals surface area (Å²) < 4.78 is 19.5. The van der Waals surface area contributed by atoms with Crippen LogP contribution in [0.4, 0.5) is 15.8 Å². The molecule has 0 bridgehead atoms. The van der Waals surface area contributed by atoms with Gasteiger partial charge in [-0.3, -0.25) is 19.2 Å². The number of aromatic nitrogens is 1. The summed E-state index contributed by atoms with van der Waals surface area (Å²) in [5.74, 6) is -2.88. The van der Waals surface area contributed by atoms with Crippen molar-refractivity contribution in [1.29, 1.82) is 0 Å². The monoisotopic (exact) mass is 575 g/mol. The molecule has 0 unspecified atom stereocenters. The average Bonchev–Trinajstić information content (AvgIpc) is 3.44. The molecule has 0 saturated carbocycles. The molecule has 2 N–H and O–H groups in total. The zero-order valence-electron chi connectivity index (χ0n) is 21.1. The van der Waals surface area contributed by atoms with Gasteiger partial charge in [0.25, 0.3) is 5.91 Å². The zero-order valence-corrected chi connectivity index (χ0v) is 22.7. The molecule has 4 aromatic rings. The summed E-state index contributed by atoms with van der Waals surface area (Å²) in [4.78, 5) is 56.6. The molecule has 3 amide bonds. The predicted octanol–water partition coefficient (Wildman–Crippen LogP) is 4.70. The molecule has 0 aliphatic carbocycles. The Balaban J connectivity index is 1.33. The minimum Gasteiger partial charge on any atom is -0.483 e. The van der Waals surface area contributed by atoms with Gasteiger partial charge >= 0.3 is 4.87 Å². The Morgan fingerprint density at radius 3 is 2.48 bits per heavy atom. The summed E-state index contributed by atoms with van der Waals surface area (Å²) in [7, 11) is 0. The van der Waals surface area contributed by atoms with Crippen LogP contribution in [0.25, 0.3) is 0 Å². The fourth-order valence-electron chi connectivity index (χ4n) is 5.04. The minimum absolute atomic E-state index is 0.277. The lowest BCUT2D eigenvalue weighted by atomic mass is 9.82. The number of anilines is 2. The van der Waals surface area contributed by atoms with Crippen LogP contribution in [0.5, 0.6) is 5.75 Å². The number of fused-ring (bicyclic) bond motifs is 2. The number of thioether (sulfide) groups is 1. The zero-order chi connectivity index (χ0) is 28.0. The molecule has 1 fully saturated rings. The van der Waals surface area contributed by atoms with E-state index in [1.54, 1.807) is 36.4 Å². The number of para-hydroxylation sites is 1. The first kappa shape index (κ1) is 26.0. The van der Waals surface area contributed by atoms with Gasteiger partial charge in [0, 0.05) is 22.0 Å². The van der Waals surface area contributed by atoms with Crippen LogP contribution < -0.4 is 19.8 Å². The first-order valence-electron chi connectivity index (χ1n) is 12.4. The van der Waals surface area contributed by atoms with Crippen molar-refractivity contribution in [1.82, 2.24) is 4.98 Å². The van der Waals surface area contributed by atoms with Crippen LogP contribution in [0.1, 0.15) is 21.9 Å². The van der Waals surface area contributed by atoms with Gasteiger partial charge in [-0.2, -0.15) is 0 Å². The Morgan fingerprint density at radius 1 is 1.00 bits per heavy atom. The number of amides is 3. The van der Waals surface area contributed by atoms with Gasteiger partial charge in [0.15, 0.2) is 6.61 Å². The van der Waals surface area contributed by atoms with E-state index in [0.29, 0.717) is 26.9 Å². The fourth-order valence-corrected chi connectivity index (χ4v) is 7.55. The van der Waals surface area contributed by atoms with Crippen molar-refractivity contribution in [2.75, 3.05) is 16.8 Å². The van der Waals surface area contributed by atoms with E-state index in [-0.39, 0.29) is 23.1 Å². The number of carbonyl (C=O) groups is 3. The Kier molecular flexibility index (Phi) is 6.77. The van der Waals surface area contributed by atoms with Gasteiger partial charge in [0.2, 0.25) is 11.8 Å². The van der Waals surface area contributed by atoms with Crippen molar-refractivity contribution >= 4 is 52.2 Å². The molecule has 202 valence electrons. The lowest BCUT2D eigenvalue weighted by Gasteiger charge is -2.30. The van der Waals surface area contributed by atoms with E-state index in [9.17, 15) is 23.6 Å². The number of ether oxygens (including phenoxy) is 1. The molecule has 3 atom stereocenters. The number of benzene rings is 3. The molecule has 2 aliphatic rings. The predicted molar refractivity (Wildman–Crippen MR) is 151 cm³/mol. The molecular formula is C29H22FN3O5S2. The van der Waals surface area contributed by atoms with Gasteiger partial charge in [-0.15, -0.1) is 0 Å². The van der Waals surface area contributed by atoms with Crippen molar-refractivity contribution < 1.29 is 23.5 Å². The lowest BCUT2D eigenvalue weighted by molar-refractivity contribution is -0.122. The van der Waals surface area contributed by atoms with Gasteiger partial charge in [-0.25, -0.2) is 9.29 Å². The SMILES string of the molecule is Cc1ccc(NC(=O)COc2ccccc2[C@@H]2c3sc(=O)[nH]c3S[C@H]3C(=O)N(c4ccc(F)cc4)C(=O)[C@@H]23)cc1. The van der Waals surface area contributed by atoms with Crippen molar-refractivity contribution in [2.24, 2.45) is 5.92 Å². The number of nitrogens with zero attached hydrogens (tertiary/aromatic N) is 1. The summed E-state index contributed by atoms with van der Waals surface area (Å²) in [5.41, 5.74) is 2.56. The number of aromatic amines is 1. The highest BCUT2D eigenvalue weighted by molar-refractivity contribution is 8.00. The number of aryl methyl sites for hydroxylation is 1. The quantitative estimate of drug-likeness (QED) is 0.323. The number of nitrogens with one attached hydrogen (secondary N) is 2. The van der Waals surface area contributed by atoms with Crippen molar-refractivity contribution in [3.05, 3.63) is 104 Å². The van der Waals surface area contributed by atoms with E-state index in [0.717, 1.165) is 33.6 Å². The van der Waals surface area contributed by atoms with Gasteiger partial charge in [0.05, 0.1) is 16.6 Å². The van der Waals surface area contributed by atoms with E-state index in [2.05, 4.69) is 10.3 Å². The molecule has 1 aromatic heterocycles. The maximum absolute atomic E-state index is 13.8. The van der Waals surface area contributed by atoms with Crippen LogP contribution in [0.3, 0.4) is 0 Å². The van der Waals surface area contributed by atoms with Crippen LogP contribution in [-0.2, 0) is 14.4 Å². The molecule has 6 rings (SSSR count). The molecule has 11 heteroatoms. The number of halogens is 1. The van der Waals surface area contributed by atoms with Crippen LogP contribution >= 0.6 is 23.1 Å². The van der Waals surface area contributed by atoms with Gasteiger partial charge in [0.1, 0.15) is 16.8 Å². The Morgan fingerprint density at radius 2 is 1.73 bits per heavy atom. The number of hydrogen-bond acceptors (Lipinski definition) is 7. The van der Waals surface area contributed by atoms with Crippen LogP contribution in [0.2, 0.25) is 0 Å². The third-order valence-corrected chi connectivity index (χ3v) is 9.26. The molecule has 40 heavy (non-hydrogen) atoms. The largest absolute Gasteiger partial charge is 0.483 e. The van der Waals surface area contributed by atoms with Crippen LogP contribution in [0, 0.1) is 18.7 Å². The number of H-pyrrole nitrogens is 1. The topological polar surface area (TPSA) is 109 Å². The first-order valence-corrected chi connectivity index (χ1v) is 14.1. The normalized spacial score (nSPS) is 19.8. The van der Waals surface area contributed by atoms with Crippen molar-refractivity contribution in [2.45, 2.75) is 23.1 Å². The number of rotatable bonds is 6. The molecule has 0 radical (unpaired) electrons. The molecule has 2 aliphatic heterocycles. The number of hydrogen-bond donors (Lipinski definition) is 2. The molecule has 1 saturated heterocycles. The summed E-state index contributed by atoms with van der Waals surface area (Å²) in [6.45, 7) is 1.67. The standard InChI is InChI=1S/C29H22FN3O5S2/c1-15-6-10-17(11-7-15)31-21(34)14-38-20-5-3-2-4-19(20)22-23-25(39-26-24(22)40-29(37)32-26)28(36)33(27(23)35)18-12-8-16(30)9-13-18/h2-13,22-23,25H,14H2,1H3,(H,31,34)(H,32,37)/t22-,23-,25+/m0/s1. The summed E-state index contributed by atoms with van der Waals surface area (Å²) >= 11 is 2.13. The molecular weight excluding hydrogens is 553 g/mol. The third-order valence-electron chi connectivity index (χ3n) is 6.86. The van der Waals surface area contributed by atoms with Crippen LogP contribution in [0.15, 0.2) is 82.6 Å². The van der Waals surface area contributed by atoms with E-state index in [1.165, 1.54) is 24.3 Å². The van der Waals surface area contributed by atoms with E-state index < -0.39 is 34.7 Å². The van der Waals surface area contributed by atoms with Crippen molar-refractivity contribution in [3.8, 4) is 5.75 Å². The van der Waals surface area contributed by atoms with E-state index >= 15 is 0 Å². The average molecular weight is 576 g/mol. The van der Waals surface area contributed by atoms with Crippen molar-refractivity contribution in [3.63, 3.8) is 0 Å². The van der Waals surface area contributed by atoms with Gasteiger partial charge in [-0.05, 0) is 49.4 Å².